The molecule has 0 saturated carbocycles. The molecule has 1 aliphatic heterocycles. The number of hydrogen-bond acceptors (Lipinski definition) is 4. The molecule has 5 heteroatoms. The Hall–Kier alpha value is -1.78. The first-order valence-electron chi connectivity index (χ1n) is 4.10. The zero-order chi connectivity index (χ0) is 9.97. The van der Waals surface area contributed by atoms with E-state index in [2.05, 4.69) is 0 Å². The van der Waals surface area contributed by atoms with Crippen LogP contribution in [0.5, 0.6) is 0 Å². The van der Waals surface area contributed by atoms with Crippen LogP contribution < -0.4 is 0 Å². The molecule has 1 heterocycles. The van der Waals surface area contributed by atoms with Crippen molar-refractivity contribution >= 4 is 0 Å². The maximum atomic E-state index is 10.1. The van der Waals surface area contributed by atoms with Gasteiger partial charge in [0, 0.05) is 12.3 Å². The van der Waals surface area contributed by atoms with Gasteiger partial charge in [-0.3, -0.25) is 10.1 Å². The highest BCUT2D eigenvalue weighted by Crippen LogP contribution is 2.30. The summed E-state index contributed by atoms with van der Waals surface area (Å²) in [6.45, 7) is 0.237. The highest BCUT2D eigenvalue weighted by Gasteiger charge is 2.22. The summed E-state index contributed by atoms with van der Waals surface area (Å²) in [6.07, 6.45) is 6.47. The third-order valence-corrected chi connectivity index (χ3v) is 1.95. The smallest absolute Gasteiger partial charge is 0.231 e. The second kappa shape index (κ2) is 3.53. The van der Waals surface area contributed by atoms with Crippen LogP contribution >= 0.6 is 0 Å². The summed E-state index contributed by atoms with van der Waals surface area (Å²) < 4.78 is 10.3. The van der Waals surface area contributed by atoms with Crippen LogP contribution in [-0.4, -0.2) is 11.7 Å². The monoisotopic (exact) mass is 194 g/mol. The molecule has 0 saturated heterocycles. The second-order valence-corrected chi connectivity index (χ2v) is 2.88. The maximum absolute atomic E-state index is 10.1. The van der Waals surface area contributed by atoms with Crippen LogP contribution in [0.25, 0.3) is 0 Å². The second-order valence-electron chi connectivity index (χ2n) is 2.88. The lowest BCUT2D eigenvalue weighted by atomic mass is 9.99. The van der Waals surface area contributed by atoms with E-state index in [0.717, 1.165) is 23.6 Å². The summed E-state index contributed by atoms with van der Waals surface area (Å²) in [5, 5.41) is 10.1. The number of ether oxygens (including phenoxy) is 2. The normalized spacial score (nSPS) is 20.9. The van der Waals surface area contributed by atoms with Gasteiger partial charge < -0.3 is 9.47 Å². The molecule has 5 nitrogen and oxygen atoms in total. The molecule has 0 unspecified atom stereocenters. The lowest BCUT2D eigenvalue weighted by Gasteiger charge is -2.10. The van der Waals surface area contributed by atoms with E-state index in [1.54, 1.807) is 12.2 Å². The van der Waals surface area contributed by atoms with Crippen LogP contribution in [0.3, 0.4) is 0 Å². The number of hydrogen-bond donors (Lipinski definition) is 0. The van der Waals surface area contributed by atoms with Gasteiger partial charge in [0.2, 0.25) is 13.0 Å². The van der Waals surface area contributed by atoms with Gasteiger partial charge in [-0.05, 0) is 12.2 Å². The zero-order valence-electron chi connectivity index (χ0n) is 7.30. The lowest BCUT2D eigenvalue weighted by molar-refractivity contribution is -0.402. The van der Waals surface area contributed by atoms with Crippen molar-refractivity contribution in [1.82, 2.24) is 0 Å². The molecule has 2 aliphatic rings. The van der Waals surface area contributed by atoms with Crippen LogP contribution in [0.1, 0.15) is 6.42 Å². The largest absolute Gasteiger partial charge is 0.458 e. The standard InChI is InChI=1S/C9H8NO4/c11-10(12)4-3-7-1-2-8-9(5-7)14-6-13-8/h1-4H,5-6H2/b4-3+. The molecule has 0 bridgehead atoms. The molecule has 0 aromatic heterocycles. The molecule has 2 rings (SSSR count). The minimum atomic E-state index is -0.489. The van der Waals surface area contributed by atoms with Crippen LogP contribution in [-0.2, 0) is 9.47 Å². The van der Waals surface area contributed by atoms with Gasteiger partial charge in [-0.1, -0.05) is 6.08 Å². The van der Waals surface area contributed by atoms with Gasteiger partial charge in [0.1, 0.15) is 5.76 Å². The van der Waals surface area contributed by atoms with Crippen molar-refractivity contribution in [2.24, 2.45) is 0 Å². The highest BCUT2D eigenvalue weighted by atomic mass is 16.7. The Bertz CT molecular complexity index is 343. The minimum absolute atomic E-state index is 0.237. The predicted molar refractivity (Wildman–Crippen MR) is 47.2 cm³/mol. The summed E-state index contributed by atoms with van der Waals surface area (Å²) >= 11 is 0. The minimum Gasteiger partial charge on any atom is -0.458 e. The Kier molecular flexibility index (Phi) is 2.22. The van der Waals surface area contributed by atoms with Crippen molar-refractivity contribution in [2.75, 3.05) is 6.79 Å². The van der Waals surface area contributed by atoms with Crippen molar-refractivity contribution in [2.45, 2.75) is 6.42 Å². The molecule has 0 spiro atoms. The van der Waals surface area contributed by atoms with E-state index in [9.17, 15) is 10.1 Å². The topological polar surface area (TPSA) is 61.6 Å². The third kappa shape index (κ3) is 1.76. The average molecular weight is 194 g/mol. The number of allylic oxidation sites excluding steroid dienone is 4. The van der Waals surface area contributed by atoms with Crippen molar-refractivity contribution < 1.29 is 14.4 Å². The van der Waals surface area contributed by atoms with Gasteiger partial charge in [0.15, 0.2) is 5.76 Å². The van der Waals surface area contributed by atoms with E-state index in [-0.39, 0.29) is 6.79 Å². The van der Waals surface area contributed by atoms with Crippen LogP contribution in [0.4, 0.5) is 0 Å². The molecule has 0 aromatic carbocycles. The van der Waals surface area contributed by atoms with Gasteiger partial charge in [0.05, 0.1) is 4.92 Å². The molecule has 1 aliphatic carbocycles. The van der Waals surface area contributed by atoms with Gasteiger partial charge in [-0.25, -0.2) is 0 Å². The molecule has 1 radical (unpaired) electrons. The van der Waals surface area contributed by atoms with Crippen LogP contribution in [0.2, 0.25) is 0 Å². The number of nitrogens with zero attached hydrogens (tertiary/aromatic N) is 1. The highest BCUT2D eigenvalue weighted by molar-refractivity contribution is 5.37. The Morgan fingerprint density at radius 1 is 1.43 bits per heavy atom. The number of rotatable bonds is 2. The van der Waals surface area contributed by atoms with E-state index >= 15 is 0 Å². The van der Waals surface area contributed by atoms with Crippen molar-refractivity contribution in [3.8, 4) is 0 Å². The first-order valence-corrected chi connectivity index (χ1v) is 4.10. The molecule has 0 amide bonds. The fraction of sp³-hybridized carbons (Fsp3) is 0.222. The number of nitro groups is 1. The molecule has 0 N–H and O–H groups in total. The summed E-state index contributed by atoms with van der Waals surface area (Å²) in [5.41, 5.74) is 0. The first kappa shape index (κ1) is 8.80. The van der Waals surface area contributed by atoms with Crippen molar-refractivity contribution in [3.63, 3.8) is 0 Å². The fourth-order valence-electron chi connectivity index (χ4n) is 1.29. The molecule has 14 heavy (non-hydrogen) atoms. The maximum Gasteiger partial charge on any atom is 0.231 e. The predicted octanol–water partition coefficient (Wildman–Crippen LogP) is 1.53. The van der Waals surface area contributed by atoms with Gasteiger partial charge in [0.25, 0.3) is 0 Å². The molecule has 73 valence electrons. The summed E-state index contributed by atoms with van der Waals surface area (Å²) in [6, 6.07) is 0. The molecule has 0 fully saturated rings. The molecule has 0 atom stereocenters. The van der Waals surface area contributed by atoms with Crippen molar-refractivity contribution in [1.29, 1.82) is 0 Å². The molecule has 0 aromatic rings. The summed E-state index contributed by atoms with van der Waals surface area (Å²) in [5.74, 6) is 2.31. The summed E-state index contributed by atoms with van der Waals surface area (Å²) in [7, 11) is 0. The van der Waals surface area contributed by atoms with Gasteiger partial charge in [-0.15, -0.1) is 0 Å². The lowest BCUT2D eigenvalue weighted by Crippen LogP contribution is -2.00. The van der Waals surface area contributed by atoms with E-state index in [1.165, 1.54) is 6.08 Å². The Morgan fingerprint density at radius 3 is 3.07 bits per heavy atom. The zero-order valence-corrected chi connectivity index (χ0v) is 7.30. The van der Waals surface area contributed by atoms with Crippen LogP contribution in [0.15, 0.2) is 35.9 Å². The Balaban J connectivity index is 2.01. The summed E-state index contributed by atoms with van der Waals surface area (Å²) in [4.78, 5) is 9.59. The first-order chi connectivity index (χ1) is 6.75. The van der Waals surface area contributed by atoms with E-state index in [0.29, 0.717) is 6.42 Å². The average Bonchev–Trinajstić information content (AvgIpc) is 2.61. The van der Waals surface area contributed by atoms with Gasteiger partial charge >= 0.3 is 0 Å². The van der Waals surface area contributed by atoms with E-state index in [1.807, 2.05) is 0 Å². The van der Waals surface area contributed by atoms with E-state index in [4.69, 9.17) is 9.47 Å². The quantitative estimate of drug-likeness (QED) is 0.494. The molecular formula is C9H8NO4. The Morgan fingerprint density at radius 2 is 2.29 bits per heavy atom. The fourth-order valence-corrected chi connectivity index (χ4v) is 1.29. The van der Waals surface area contributed by atoms with Crippen molar-refractivity contribution in [3.05, 3.63) is 52.0 Å². The molecular weight excluding hydrogens is 186 g/mol. The van der Waals surface area contributed by atoms with Gasteiger partial charge in [-0.2, -0.15) is 0 Å². The SMILES string of the molecule is O=[N+]([O-])/C=C/[C]1C=CC2=C(C1)OCO2. The third-order valence-electron chi connectivity index (χ3n) is 1.95. The van der Waals surface area contributed by atoms with E-state index < -0.39 is 4.92 Å². The van der Waals surface area contributed by atoms with Crippen LogP contribution in [0, 0.1) is 16.0 Å². The Labute approximate surface area is 80.5 Å².